The van der Waals surface area contributed by atoms with Gasteiger partial charge in [0.2, 0.25) is 0 Å². The van der Waals surface area contributed by atoms with Gasteiger partial charge in [-0.2, -0.15) is 8.78 Å². The predicted octanol–water partition coefficient (Wildman–Crippen LogP) is 5.21. The third kappa shape index (κ3) is 5.40. The topological polar surface area (TPSA) is 94.1 Å². The van der Waals surface area contributed by atoms with E-state index in [4.69, 9.17) is 32.0 Å². The van der Waals surface area contributed by atoms with Crippen molar-refractivity contribution in [3.8, 4) is 16.9 Å². The minimum atomic E-state index is -2.89. The summed E-state index contributed by atoms with van der Waals surface area (Å²) in [6.45, 7) is -1.12. The first-order chi connectivity index (χ1) is 15.8. The first kappa shape index (κ1) is 24.0. The number of nitrogens with two attached hydrogens (primary N) is 1. The van der Waals surface area contributed by atoms with Gasteiger partial charge < -0.3 is 20.3 Å². The molecule has 0 aliphatic carbocycles. The Morgan fingerprint density at radius 3 is 2.39 bits per heavy atom. The molecule has 0 saturated carbocycles. The van der Waals surface area contributed by atoms with Crippen molar-refractivity contribution in [1.82, 2.24) is 0 Å². The van der Waals surface area contributed by atoms with Crippen molar-refractivity contribution in [2.75, 3.05) is 6.61 Å². The summed E-state index contributed by atoms with van der Waals surface area (Å²) in [5.74, 6) is 0.0879. The van der Waals surface area contributed by atoms with Crippen LogP contribution in [0.3, 0.4) is 0 Å². The van der Waals surface area contributed by atoms with Crippen LogP contribution in [-0.2, 0) is 15.1 Å². The van der Waals surface area contributed by atoms with Gasteiger partial charge in [0, 0.05) is 5.02 Å². The predicted molar refractivity (Wildman–Crippen MR) is 122 cm³/mol. The molecule has 3 aromatic carbocycles. The van der Waals surface area contributed by atoms with Gasteiger partial charge in [0.25, 0.3) is 12.5 Å². The number of alkyl halides is 2. The number of ether oxygens (including phenoxy) is 2. The molecule has 1 atom stereocenters. The van der Waals surface area contributed by atoms with E-state index < -0.39 is 12.2 Å². The van der Waals surface area contributed by atoms with Gasteiger partial charge in [-0.25, -0.2) is 4.99 Å². The minimum Gasteiger partial charge on any atom is -0.483 e. The lowest BCUT2D eigenvalue weighted by Gasteiger charge is -2.28. The fraction of sp³-hybridized carbons (Fsp3) is 0.167. The highest BCUT2D eigenvalue weighted by Crippen LogP contribution is 2.41. The monoisotopic (exact) mass is 474 g/mol. The van der Waals surface area contributed by atoms with Crippen LogP contribution in [0, 0.1) is 6.92 Å². The molecule has 0 saturated heterocycles. The first-order valence-corrected chi connectivity index (χ1v) is 10.2. The smallest absolute Gasteiger partial charge is 0.387 e. The van der Waals surface area contributed by atoms with E-state index in [2.05, 4.69) is 9.73 Å². The Balaban J connectivity index is 0.000000968. The van der Waals surface area contributed by atoms with Crippen LogP contribution in [0.1, 0.15) is 16.7 Å². The molecule has 0 fully saturated rings. The van der Waals surface area contributed by atoms with Crippen LogP contribution in [0.15, 0.2) is 71.7 Å². The molecule has 3 N–H and O–H groups in total. The molecule has 172 valence electrons. The van der Waals surface area contributed by atoms with Gasteiger partial charge in [-0.05, 0) is 65.1 Å². The molecule has 6 nitrogen and oxygen atoms in total. The summed E-state index contributed by atoms with van der Waals surface area (Å²) < 4.78 is 35.2. The van der Waals surface area contributed by atoms with Crippen LogP contribution in [0.25, 0.3) is 11.1 Å². The lowest BCUT2D eigenvalue weighted by molar-refractivity contribution is -0.122. The zero-order chi connectivity index (χ0) is 24.0. The second kappa shape index (κ2) is 10.3. The minimum absolute atomic E-state index is 0.0791. The van der Waals surface area contributed by atoms with Gasteiger partial charge in [-0.3, -0.25) is 4.79 Å². The number of hydrogen-bond acceptors (Lipinski definition) is 5. The van der Waals surface area contributed by atoms with Gasteiger partial charge in [-0.1, -0.05) is 48.0 Å². The maximum Gasteiger partial charge on any atom is 0.387 e. The molecule has 1 heterocycles. The van der Waals surface area contributed by atoms with Gasteiger partial charge in [0.1, 0.15) is 12.4 Å². The molecule has 1 unspecified atom stereocenters. The Hall–Kier alpha value is -3.65. The largest absolute Gasteiger partial charge is 0.483 e. The van der Waals surface area contributed by atoms with Crippen molar-refractivity contribution in [1.29, 1.82) is 0 Å². The number of carbonyl (C=O) groups is 1. The number of aliphatic imine (C=N–C) groups is 1. The SMILES string of the molecule is Cc1cc(OC(F)F)ccc1C1(c2cccc(-c3cccc(Cl)c3)c2)COC(N)=N1.O=CO. The third-order valence-electron chi connectivity index (χ3n) is 5.10. The Kier molecular flexibility index (Phi) is 7.50. The summed E-state index contributed by atoms with van der Waals surface area (Å²) in [7, 11) is 0. The lowest BCUT2D eigenvalue weighted by atomic mass is 9.81. The summed E-state index contributed by atoms with van der Waals surface area (Å²) >= 11 is 6.15. The van der Waals surface area contributed by atoms with Crippen molar-refractivity contribution in [2.24, 2.45) is 10.7 Å². The quantitative estimate of drug-likeness (QED) is 0.495. The Morgan fingerprint density at radius 1 is 1.15 bits per heavy atom. The molecular formula is C24H21ClF2N2O4. The van der Waals surface area contributed by atoms with E-state index in [0.717, 1.165) is 27.8 Å². The molecule has 0 aromatic heterocycles. The number of benzene rings is 3. The van der Waals surface area contributed by atoms with Crippen molar-refractivity contribution in [2.45, 2.75) is 19.1 Å². The fourth-order valence-corrected chi connectivity index (χ4v) is 3.96. The number of amidine groups is 1. The van der Waals surface area contributed by atoms with Gasteiger partial charge in [0.05, 0.1) is 0 Å². The van der Waals surface area contributed by atoms with Crippen LogP contribution in [0.2, 0.25) is 5.02 Å². The number of carboxylic acid groups (broad SMARTS) is 1. The summed E-state index contributed by atoms with van der Waals surface area (Å²) in [4.78, 5) is 13.0. The standard InChI is InChI=1S/C23H19ClF2N2O2.CH2O2/c1-14-10-19(30-21(25)26)8-9-20(14)23(13-29-22(27)28-23)17-6-2-4-15(11-17)16-5-3-7-18(24)12-16;2-1-3/h2-12,21H,13H2,1H3,(H2,27,28);1H,(H,2,3). The maximum absolute atomic E-state index is 12.6. The highest BCUT2D eigenvalue weighted by molar-refractivity contribution is 6.30. The van der Waals surface area contributed by atoms with E-state index in [1.807, 2.05) is 55.5 Å². The second-order valence-electron chi connectivity index (χ2n) is 7.15. The molecular weight excluding hydrogens is 454 g/mol. The number of halogens is 3. The van der Waals surface area contributed by atoms with Gasteiger partial charge in [0.15, 0.2) is 5.54 Å². The average Bonchev–Trinajstić information content (AvgIpc) is 3.17. The van der Waals surface area contributed by atoms with Crippen molar-refractivity contribution >= 4 is 24.1 Å². The fourth-order valence-electron chi connectivity index (χ4n) is 3.77. The number of hydrogen-bond donors (Lipinski definition) is 2. The zero-order valence-corrected chi connectivity index (χ0v) is 18.3. The summed E-state index contributed by atoms with van der Waals surface area (Å²) in [5.41, 5.74) is 9.32. The number of rotatable bonds is 5. The first-order valence-electron chi connectivity index (χ1n) is 9.77. The maximum atomic E-state index is 12.6. The molecule has 9 heteroatoms. The van der Waals surface area contributed by atoms with E-state index in [9.17, 15) is 8.78 Å². The third-order valence-corrected chi connectivity index (χ3v) is 5.33. The normalized spacial score (nSPS) is 16.9. The molecule has 0 spiro atoms. The van der Waals surface area contributed by atoms with E-state index in [0.29, 0.717) is 5.02 Å². The second-order valence-corrected chi connectivity index (χ2v) is 7.59. The summed E-state index contributed by atoms with van der Waals surface area (Å²) in [6, 6.07) is 20.3. The van der Waals surface area contributed by atoms with Crippen molar-refractivity contribution in [3.05, 3.63) is 88.4 Å². The highest BCUT2D eigenvalue weighted by atomic mass is 35.5. The van der Waals surface area contributed by atoms with Crippen LogP contribution in [0.4, 0.5) is 8.78 Å². The summed E-state index contributed by atoms with van der Waals surface area (Å²) in [5, 5.41) is 7.53. The Labute approximate surface area is 194 Å². The molecule has 4 rings (SSSR count). The molecule has 0 amide bonds. The van der Waals surface area contributed by atoms with Gasteiger partial charge >= 0.3 is 6.61 Å². The van der Waals surface area contributed by atoms with Gasteiger partial charge in [-0.15, -0.1) is 0 Å². The molecule has 33 heavy (non-hydrogen) atoms. The molecule has 0 bridgehead atoms. The van der Waals surface area contributed by atoms with E-state index in [1.165, 1.54) is 6.07 Å². The van der Waals surface area contributed by atoms with Crippen LogP contribution >= 0.6 is 11.6 Å². The summed E-state index contributed by atoms with van der Waals surface area (Å²) in [6.07, 6.45) is 0. The molecule has 1 aliphatic heterocycles. The van der Waals surface area contributed by atoms with E-state index >= 15 is 0 Å². The van der Waals surface area contributed by atoms with Crippen LogP contribution in [-0.4, -0.2) is 30.8 Å². The molecule has 0 radical (unpaired) electrons. The number of nitrogens with zero attached hydrogens (tertiary/aromatic N) is 1. The Bertz CT molecular complexity index is 1170. The highest BCUT2D eigenvalue weighted by Gasteiger charge is 2.41. The lowest BCUT2D eigenvalue weighted by Crippen LogP contribution is -2.28. The number of aryl methyl sites for hydroxylation is 1. The van der Waals surface area contributed by atoms with Crippen LogP contribution < -0.4 is 10.5 Å². The Morgan fingerprint density at radius 2 is 1.82 bits per heavy atom. The van der Waals surface area contributed by atoms with Crippen molar-refractivity contribution in [3.63, 3.8) is 0 Å². The molecule has 3 aromatic rings. The van der Waals surface area contributed by atoms with Crippen molar-refractivity contribution < 1.29 is 28.2 Å². The average molecular weight is 475 g/mol. The van der Waals surface area contributed by atoms with Crippen LogP contribution in [0.5, 0.6) is 5.75 Å². The van der Waals surface area contributed by atoms with E-state index in [-0.39, 0.29) is 24.9 Å². The molecule has 1 aliphatic rings. The van der Waals surface area contributed by atoms with E-state index in [1.54, 1.807) is 12.1 Å². The zero-order valence-electron chi connectivity index (χ0n) is 17.5.